The SMILES string of the molecule is CCOC(=O)[C@H]1CC2C[C@@H]([C@H]1N(Cc1ccccc1)C(=S)Nc1cccc(OC)c1)C2(C)C. The third-order valence-corrected chi connectivity index (χ3v) is 7.97. The van der Waals surface area contributed by atoms with Crippen LogP contribution in [0.25, 0.3) is 0 Å². The summed E-state index contributed by atoms with van der Waals surface area (Å²) in [5.41, 5.74) is 2.20. The van der Waals surface area contributed by atoms with E-state index in [1.54, 1.807) is 7.11 Å². The number of ether oxygens (including phenoxy) is 2. The van der Waals surface area contributed by atoms with Crippen molar-refractivity contribution in [2.75, 3.05) is 19.0 Å². The highest BCUT2D eigenvalue weighted by Gasteiger charge is 2.61. The lowest BCUT2D eigenvalue weighted by Gasteiger charge is -2.64. The summed E-state index contributed by atoms with van der Waals surface area (Å²) in [6.07, 6.45) is 1.97. The Labute approximate surface area is 202 Å². The lowest BCUT2D eigenvalue weighted by molar-refractivity contribution is -0.175. The Kier molecular flexibility index (Phi) is 6.94. The molecular formula is C27H34N2O3S. The van der Waals surface area contributed by atoms with Crippen molar-refractivity contribution in [1.29, 1.82) is 0 Å². The Hall–Kier alpha value is -2.60. The third-order valence-electron chi connectivity index (χ3n) is 7.64. The van der Waals surface area contributed by atoms with Crippen LogP contribution in [0.4, 0.5) is 5.69 Å². The van der Waals surface area contributed by atoms with Crippen LogP contribution < -0.4 is 10.1 Å². The monoisotopic (exact) mass is 466 g/mol. The molecule has 176 valence electrons. The molecule has 1 N–H and O–H groups in total. The molecule has 33 heavy (non-hydrogen) atoms. The molecule has 2 aromatic rings. The molecule has 4 atom stereocenters. The van der Waals surface area contributed by atoms with Crippen LogP contribution in [0.3, 0.4) is 0 Å². The number of carbonyl (C=O) groups is 1. The maximum absolute atomic E-state index is 13.1. The summed E-state index contributed by atoms with van der Waals surface area (Å²) in [5, 5.41) is 4.03. The fraction of sp³-hybridized carbons (Fsp3) is 0.481. The third kappa shape index (κ3) is 4.72. The minimum absolute atomic E-state index is 0.0186. The van der Waals surface area contributed by atoms with E-state index in [4.69, 9.17) is 21.7 Å². The number of esters is 1. The van der Waals surface area contributed by atoms with E-state index < -0.39 is 0 Å². The average molecular weight is 467 g/mol. The second kappa shape index (κ2) is 9.72. The Morgan fingerprint density at radius 1 is 1.15 bits per heavy atom. The van der Waals surface area contributed by atoms with Gasteiger partial charge in [-0.05, 0) is 66.9 Å². The van der Waals surface area contributed by atoms with Crippen molar-refractivity contribution in [3.05, 3.63) is 60.2 Å². The first-order valence-electron chi connectivity index (χ1n) is 11.8. The molecule has 3 fully saturated rings. The molecule has 5 nitrogen and oxygen atoms in total. The zero-order valence-electron chi connectivity index (χ0n) is 19.9. The van der Waals surface area contributed by atoms with Gasteiger partial charge in [0.25, 0.3) is 0 Å². The molecule has 0 heterocycles. The zero-order valence-corrected chi connectivity index (χ0v) is 20.7. The maximum atomic E-state index is 13.1. The number of hydrogen-bond donors (Lipinski definition) is 1. The van der Waals surface area contributed by atoms with Gasteiger partial charge in [-0.15, -0.1) is 0 Å². The first-order chi connectivity index (χ1) is 15.8. The highest BCUT2D eigenvalue weighted by Crippen LogP contribution is 2.62. The summed E-state index contributed by atoms with van der Waals surface area (Å²) in [6, 6.07) is 18.0. The fourth-order valence-corrected chi connectivity index (χ4v) is 5.97. The molecule has 3 aliphatic carbocycles. The Morgan fingerprint density at radius 2 is 1.91 bits per heavy atom. The van der Waals surface area contributed by atoms with Gasteiger partial charge in [0.15, 0.2) is 5.11 Å². The molecule has 2 bridgehead atoms. The maximum Gasteiger partial charge on any atom is 0.311 e. The second-order valence-electron chi connectivity index (χ2n) is 9.72. The Balaban J connectivity index is 1.68. The first-order valence-corrected chi connectivity index (χ1v) is 12.2. The quantitative estimate of drug-likeness (QED) is 0.429. The van der Waals surface area contributed by atoms with Crippen LogP contribution in [0.15, 0.2) is 54.6 Å². The molecule has 0 radical (unpaired) electrons. The summed E-state index contributed by atoms with van der Waals surface area (Å²) in [7, 11) is 1.65. The van der Waals surface area contributed by atoms with Gasteiger partial charge in [0.05, 0.1) is 19.6 Å². The van der Waals surface area contributed by atoms with E-state index in [2.05, 4.69) is 36.2 Å². The number of rotatable bonds is 7. The number of carbonyl (C=O) groups excluding carboxylic acids is 1. The molecule has 0 aromatic heterocycles. The molecule has 2 aromatic carbocycles. The van der Waals surface area contributed by atoms with Crippen molar-refractivity contribution < 1.29 is 14.3 Å². The first kappa shape index (κ1) is 23.6. The summed E-state index contributed by atoms with van der Waals surface area (Å²) < 4.78 is 10.9. The van der Waals surface area contributed by atoms with Gasteiger partial charge in [-0.25, -0.2) is 0 Å². The lowest BCUT2D eigenvalue weighted by atomic mass is 9.44. The van der Waals surface area contributed by atoms with Crippen LogP contribution in [-0.2, 0) is 16.1 Å². The van der Waals surface area contributed by atoms with Crippen LogP contribution in [0.2, 0.25) is 0 Å². The lowest BCUT2D eigenvalue weighted by Crippen LogP contribution is -2.66. The van der Waals surface area contributed by atoms with Crippen molar-refractivity contribution in [1.82, 2.24) is 4.90 Å². The van der Waals surface area contributed by atoms with Crippen LogP contribution in [0, 0.1) is 23.2 Å². The molecule has 6 heteroatoms. The predicted octanol–water partition coefficient (Wildman–Crippen LogP) is 5.51. The highest BCUT2D eigenvalue weighted by atomic mass is 32.1. The van der Waals surface area contributed by atoms with E-state index in [1.165, 1.54) is 0 Å². The number of thiocarbonyl (C=S) groups is 1. The minimum Gasteiger partial charge on any atom is -0.497 e. The molecule has 0 spiro atoms. The number of fused-ring (bicyclic) bond motifs is 2. The van der Waals surface area contributed by atoms with E-state index in [0.717, 1.165) is 29.8 Å². The average Bonchev–Trinajstić information content (AvgIpc) is 2.82. The van der Waals surface area contributed by atoms with Gasteiger partial charge in [-0.1, -0.05) is 50.2 Å². The highest BCUT2D eigenvalue weighted by molar-refractivity contribution is 7.80. The zero-order chi connectivity index (χ0) is 23.6. The largest absolute Gasteiger partial charge is 0.497 e. The smallest absolute Gasteiger partial charge is 0.311 e. The van der Waals surface area contributed by atoms with E-state index in [-0.39, 0.29) is 23.3 Å². The van der Waals surface area contributed by atoms with E-state index in [9.17, 15) is 4.79 Å². The van der Waals surface area contributed by atoms with Crippen molar-refractivity contribution in [3.63, 3.8) is 0 Å². The number of hydrogen-bond acceptors (Lipinski definition) is 4. The van der Waals surface area contributed by atoms with Crippen LogP contribution >= 0.6 is 12.2 Å². The molecule has 1 unspecified atom stereocenters. The van der Waals surface area contributed by atoms with Crippen molar-refractivity contribution in [3.8, 4) is 5.75 Å². The molecule has 3 saturated carbocycles. The molecule has 0 saturated heterocycles. The molecule has 0 amide bonds. The molecule has 3 aliphatic rings. The minimum atomic E-state index is -0.185. The Bertz CT molecular complexity index is 994. The number of anilines is 1. The molecule has 0 aliphatic heterocycles. The normalized spacial score (nSPS) is 24.8. The van der Waals surface area contributed by atoms with E-state index in [0.29, 0.717) is 30.1 Å². The summed E-state index contributed by atoms with van der Waals surface area (Å²) >= 11 is 5.99. The predicted molar refractivity (Wildman–Crippen MR) is 135 cm³/mol. The molecule has 5 rings (SSSR count). The van der Waals surface area contributed by atoms with Gasteiger partial charge in [0.2, 0.25) is 0 Å². The van der Waals surface area contributed by atoms with Crippen LogP contribution in [-0.4, -0.2) is 35.7 Å². The summed E-state index contributed by atoms with van der Waals surface area (Å²) in [6.45, 7) is 7.57. The van der Waals surface area contributed by atoms with E-state index in [1.807, 2.05) is 49.4 Å². The fourth-order valence-electron chi connectivity index (χ4n) is 5.67. The van der Waals surface area contributed by atoms with Crippen LogP contribution in [0.1, 0.15) is 39.2 Å². The van der Waals surface area contributed by atoms with Crippen molar-refractivity contribution >= 4 is 29.0 Å². The topological polar surface area (TPSA) is 50.8 Å². The number of benzene rings is 2. The summed E-state index contributed by atoms with van der Waals surface area (Å²) in [5.74, 6) is 1.40. The molecular weight excluding hydrogens is 432 g/mol. The van der Waals surface area contributed by atoms with Crippen molar-refractivity contribution in [2.45, 2.75) is 46.2 Å². The van der Waals surface area contributed by atoms with Gasteiger partial charge in [0.1, 0.15) is 5.75 Å². The van der Waals surface area contributed by atoms with Crippen LogP contribution in [0.5, 0.6) is 5.75 Å². The second-order valence-corrected chi connectivity index (χ2v) is 10.1. The summed E-state index contributed by atoms with van der Waals surface area (Å²) in [4.78, 5) is 15.3. The number of nitrogens with one attached hydrogen (secondary N) is 1. The van der Waals surface area contributed by atoms with Gasteiger partial charge >= 0.3 is 5.97 Å². The standard InChI is InChI=1S/C27H34N2O3S/c1-5-32-25(30)22-14-19-15-23(27(19,2)3)24(22)29(17-18-10-7-6-8-11-18)26(33)28-20-12-9-13-21(16-20)31-4/h6-13,16,19,22-24H,5,14-15,17H2,1-4H3,(H,28,33)/t19?,22-,23-,24-/m0/s1. The van der Waals surface area contributed by atoms with Gasteiger partial charge in [-0.3, -0.25) is 4.79 Å². The van der Waals surface area contributed by atoms with Crippen molar-refractivity contribution in [2.24, 2.45) is 23.2 Å². The number of nitrogens with zero attached hydrogens (tertiary/aromatic N) is 1. The number of methoxy groups -OCH3 is 1. The van der Waals surface area contributed by atoms with Gasteiger partial charge in [0, 0.05) is 24.3 Å². The van der Waals surface area contributed by atoms with E-state index >= 15 is 0 Å². The van der Waals surface area contributed by atoms with Gasteiger partial charge < -0.3 is 19.7 Å². The Morgan fingerprint density at radius 3 is 2.58 bits per heavy atom. The van der Waals surface area contributed by atoms with Gasteiger partial charge in [-0.2, -0.15) is 0 Å².